The minimum Gasteiger partial charge on any atom is -0.447 e. The molecular weight excluding hydrogens is 362 g/mol. The van der Waals surface area contributed by atoms with Crippen molar-refractivity contribution in [3.8, 4) is 0 Å². The molecule has 140 valence electrons. The lowest BCUT2D eigenvalue weighted by molar-refractivity contribution is -0.129. The van der Waals surface area contributed by atoms with Crippen LogP contribution in [0.4, 0.5) is 0 Å². The number of rotatable bonds is 7. The lowest BCUT2D eigenvalue weighted by Crippen LogP contribution is -2.36. The van der Waals surface area contributed by atoms with Crippen LogP contribution >= 0.6 is 0 Å². The monoisotopic (exact) mass is 381 g/mol. The number of aryl methyl sites for hydroxylation is 1. The van der Waals surface area contributed by atoms with Crippen LogP contribution in [0.25, 0.3) is 0 Å². The third kappa shape index (κ3) is 5.39. The second kappa shape index (κ2) is 8.11. The molecule has 0 aliphatic heterocycles. The summed E-state index contributed by atoms with van der Waals surface area (Å²) >= 11 is 0. The first-order valence-electron chi connectivity index (χ1n) is 7.70. The number of hydrogen-bond donors (Lipinski definition) is 2. The smallest absolute Gasteiger partial charge is 0.377 e. The van der Waals surface area contributed by atoms with Crippen molar-refractivity contribution in [2.75, 3.05) is 6.54 Å². The topological polar surface area (TPSA) is 142 Å². The molecule has 10 heteroatoms. The molecule has 9 nitrogen and oxygen atoms in total. The highest BCUT2D eigenvalue weighted by Gasteiger charge is 2.21. The molecular formula is C16H19N3O6S. The van der Waals surface area contributed by atoms with E-state index in [-0.39, 0.29) is 17.2 Å². The van der Waals surface area contributed by atoms with Crippen molar-refractivity contribution >= 4 is 21.9 Å². The van der Waals surface area contributed by atoms with E-state index in [1.54, 1.807) is 19.1 Å². The second-order valence-corrected chi connectivity index (χ2v) is 7.17. The Morgan fingerprint density at radius 3 is 2.50 bits per heavy atom. The van der Waals surface area contributed by atoms with Gasteiger partial charge in [0.2, 0.25) is 15.8 Å². The van der Waals surface area contributed by atoms with Crippen LogP contribution in [0.15, 0.2) is 39.8 Å². The van der Waals surface area contributed by atoms with Gasteiger partial charge in [0, 0.05) is 12.6 Å². The first-order chi connectivity index (χ1) is 12.2. The number of ether oxygens (including phenoxy) is 1. The normalized spacial score (nSPS) is 12.4. The van der Waals surface area contributed by atoms with E-state index in [1.165, 1.54) is 25.1 Å². The number of primary sulfonamides is 1. The SMILES string of the molecule is Cc1cc(C(=O)OC(C)C(=O)NCCc2ccc(S(N)(=O)=O)cc2)on1. The van der Waals surface area contributed by atoms with Gasteiger partial charge in [-0.2, -0.15) is 0 Å². The summed E-state index contributed by atoms with van der Waals surface area (Å²) < 4.78 is 32.1. The van der Waals surface area contributed by atoms with Crippen LogP contribution in [0, 0.1) is 6.92 Å². The van der Waals surface area contributed by atoms with Gasteiger partial charge in [-0.25, -0.2) is 18.4 Å². The molecule has 26 heavy (non-hydrogen) atoms. The summed E-state index contributed by atoms with van der Waals surface area (Å²) in [6.45, 7) is 3.39. The first-order valence-corrected chi connectivity index (χ1v) is 9.25. The van der Waals surface area contributed by atoms with Gasteiger partial charge in [-0.15, -0.1) is 0 Å². The number of carbonyl (C=O) groups excluding carboxylic acids is 2. The number of nitrogens with one attached hydrogen (secondary N) is 1. The second-order valence-electron chi connectivity index (χ2n) is 5.61. The first kappa shape index (κ1) is 19.6. The number of esters is 1. The Morgan fingerprint density at radius 1 is 1.31 bits per heavy atom. The van der Waals surface area contributed by atoms with E-state index in [9.17, 15) is 18.0 Å². The molecule has 1 unspecified atom stereocenters. The molecule has 0 spiro atoms. The molecule has 0 bridgehead atoms. The fourth-order valence-corrected chi connectivity index (χ4v) is 2.57. The van der Waals surface area contributed by atoms with E-state index in [0.717, 1.165) is 5.56 Å². The quantitative estimate of drug-likeness (QED) is 0.666. The van der Waals surface area contributed by atoms with Crippen LogP contribution in [0.3, 0.4) is 0 Å². The van der Waals surface area contributed by atoms with Gasteiger partial charge in [0.1, 0.15) is 0 Å². The predicted octanol–water partition coefficient (Wildman–Crippen LogP) is 0.535. The molecule has 0 aliphatic rings. The molecule has 0 fully saturated rings. The fourth-order valence-electron chi connectivity index (χ4n) is 2.05. The summed E-state index contributed by atoms with van der Waals surface area (Å²) in [5.41, 5.74) is 1.35. The molecule has 2 aromatic rings. The summed E-state index contributed by atoms with van der Waals surface area (Å²) in [7, 11) is -3.73. The highest BCUT2D eigenvalue weighted by molar-refractivity contribution is 7.89. The predicted molar refractivity (Wildman–Crippen MR) is 90.6 cm³/mol. The lowest BCUT2D eigenvalue weighted by atomic mass is 10.1. The van der Waals surface area contributed by atoms with Crippen molar-refractivity contribution in [1.82, 2.24) is 10.5 Å². The van der Waals surface area contributed by atoms with Crippen LogP contribution in [0.1, 0.15) is 28.7 Å². The van der Waals surface area contributed by atoms with Crippen molar-refractivity contribution in [3.63, 3.8) is 0 Å². The fraction of sp³-hybridized carbons (Fsp3) is 0.312. The zero-order valence-electron chi connectivity index (χ0n) is 14.3. The van der Waals surface area contributed by atoms with Crippen LogP contribution in [0.5, 0.6) is 0 Å². The van der Waals surface area contributed by atoms with Gasteiger partial charge in [-0.1, -0.05) is 17.3 Å². The van der Waals surface area contributed by atoms with Gasteiger partial charge in [0.25, 0.3) is 5.91 Å². The number of amides is 1. The Hall–Kier alpha value is -2.72. The summed E-state index contributed by atoms with van der Waals surface area (Å²) in [4.78, 5) is 23.8. The van der Waals surface area contributed by atoms with Crippen molar-refractivity contribution in [2.24, 2.45) is 5.14 Å². The Kier molecular flexibility index (Phi) is 6.11. The van der Waals surface area contributed by atoms with E-state index in [2.05, 4.69) is 10.5 Å². The third-order valence-corrected chi connectivity index (χ3v) is 4.38. The Balaban J connectivity index is 1.80. The summed E-state index contributed by atoms with van der Waals surface area (Å²) in [5.74, 6) is -1.31. The zero-order valence-corrected chi connectivity index (χ0v) is 15.1. The molecule has 1 aromatic carbocycles. The Labute approximate surface area is 150 Å². The van der Waals surface area contributed by atoms with Crippen LogP contribution in [-0.2, 0) is 26.0 Å². The minimum absolute atomic E-state index is 0.0217. The minimum atomic E-state index is -3.73. The van der Waals surface area contributed by atoms with E-state index in [1.807, 2.05) is 0 Å². The maximum Gasteiger partial charge on any atom is 0.377 e. The number of sulfonamides is 1. The Bertz CT molecular complexity index is 889. The molecule has 0 saturated carbocycles. The van der Waals surface area contributed by atoms with E-state index in [4.69, 9.17) is 14.4 Å². The molecule has 0 aliphatic carbocycles. The van der Waals surface area contributed by atoms with Crippen LogP contribution in [0.2, 0.25) is 0 Å². The Morgan fingerprint density at radius 2 is 1.96 bits per heavy atom. The molecule has 1 amide bonds. The number of nitrogens with zero attached hydrogens (tertiary/aromatic N) is 1. The van der Waals surface area contributed by atoms with Gasteiger partial charge in [-0.05, 0) is 38.0 Å². The van der Waals surface area contributed by atoms with Crippen molar-refractivity contribution in [3.05, 3.63) is 47.3 Å². The molecule has 0 saturated heterocycles. The van der Waals surface area contributed by atoms with Crippen LogP contribution < -0.4 is 10.5 Å². The number of nitrogens with two attached hydrogens (primary N) is 1. The van der Waals surface area contributed by atoms with Gasteiger partial charge < -0.3 is 14.6 Å². The van der Waals surface area contributed by atoms with E-state index < -0.39 is 28.0 Å². The molecule has 0 radical (unpaired) electrons. The highest BCUT2D eigenvalue weighted by atomic mass is 32.2. The maximum absolute atomic E-state index is 12.0. The summed E-state index contributed by atoms with van der Waals surface area (Å²) in [6.07, 6.45) is -0.531. The van der Waals surface area contributed by atoms with Gasteiger partial charge in [0.05, 0.1) is 10.6 Å². The standard InChI is InChI=1S/C16H19N3O6S/c1-10-9-14(25-19-10)16(21)24-11(2)15(20)18-8-7-12-3-5-13(6-4-12)26(17,22)23/h3-6,9,11H,7-8H2,1-2H3,(H,18,20)(H2,17,22,23). The number of aromatic nitrogens is 1. The average molecular weight is 381 g/mol. The molecule has 1 atom stereocenters. The summed E-state index contributed by atoms with van der Waals surface area (Å²) in [5, 5.41) is 11.2. The van der Waals surface area contributed by atoms with Crippen molar-refractivity contribution in [1.29, 1.82) is 0 Å². The van der Waals surface area contributed by atoms with Gasteiger partial charge in [-0.3, -0.25) is 4.79 Å². The van der Waals surface area contributed by atoms with Crippen LogP contribution in [-0.4, -0.2) is 38.1 Å². The highest BCUT2D eigenvalue weighted by Crippen LogP contribution is 2.09. The maximum atomic E-state index is 12.0. The van der Waals surface area contributed by atoms with Crippen molar-refractivity contribution < 1.29 is 27.3 Å². The van der Waals surface area contributed by atoms with Gasteiger partial charge in [0.15, 0.2) is 6.10 Å². The average Bonchev–Trinajstić information content (AvgIpc) is 3.01. The largest absolute Gasteiger partial charge is 0.447 e. The van der Waals surface area contributed by atoms with Gasteiger partial charge >= 0.3 is 5.97 Å². The number of hydrogen-bond acceptors (Lipinski definition) is 7. The van der Waals surface area contributed by atoms with Crippen molar-refractivity contribution in [2.45, 2.75) is 31.3 Å². The molecule has 2 rings (SSSR count). The van der Waals surface area contributed by atoms with E-state index >= 15 is 0 Å². The molecule has 3 N–H and O–H groups in total. The molecule has 1 aromatic heterocycles. The number of benzene rings is 1. The third-order valence-electron chi connectivity index (χ3n) is 3.45. The summed E-state index contributed by atoms with van der Waals surface area (Å²) in [6, 6.07) is 7.44. The molecule has 1 heterocycles. The lowest BCUT2D eigenvalue weighted by Gasteiger charge is -2.12. The number of carbonyl (C=O) groups is 2. The van der Waals surface area contributed by atoms with E-state index in [0.29, 0.717) is 12.1 Å². The zero-order chi connectivity index (χ0) is 19.3.